The molecular formula is C11H12Cl2N2O2. The Morgan fingerprint density at radius 2 is 2.24 bits per heavy atom. The molecule has 0 aliphatic rings. The van der Waals surface area contributed by atoms with Crippen molar-refractivity contribution in [1.29, 1.82) is 0 Å². The van der Waals surface area contributed by atoms with E-state index >= 15 is 0 Å². The first kappa shape index (κ1) is 12.5. The van der Waals surface area contributed by atoms with Crippen LogP contribution in [0.25, 0.3) is 11.0 Å². The van der Waals surface area contributed by atoms with Crippen molar-refractivity contribution in [3.8, 4) is 5.75 Å². The number of halogens is 2. The zero-order chi connectivity index (χ0) is 12.3. The Morgan fingerprint density at radius 3 is 2.94 bits per heavy atom. The molecule has 0 saturated carbocycles. The molecule has 0 aliphatic heterocycles. The van der Waals surface area contributed by atoms with E-state index in [2.05, 4.69) is 9.97 Å². The van der Waals surface area contributed by atoms with E-state index in [9.17, 15) is 0 Å². The number of aromatic nitrogens is 2. The van der Waals surface area contributed by atoms with Crippen LogP contribution in [-0.4, -0.2) is 34.2 Å². The summed E-state index contributed by atoms with van der Waals surface area (Å²) < 4.78 is 5.27. The van der Waals surface area contributed by atoms with Crippen LogP contribution in [0.2, 0.25) is 5.15 Å². The fourth-order valence-electron chi connectivity index (χ4n) is 1.56. The molecule has 0 spiro atoms. The zero-order valence-corrected chi connectivity index (χ0v) is 10.6. The SMILES string of the molecule is OCCOc1cc2[nH]c(CCCl)cc2nc1Cl. The number of aliphatic hydroxyl groups excluding tert-OH is 1. The Hall–Kier alpha value is -0.970. The fraction of sp³-hybridized carbons (Fsp3) is 0.364. The third-order valence-electron chi connectivity index (χ3n) is 2.29. The minimum atomic E-state index is -0.0589. The van der Waals surface area contributed by atoms with Crippen LogP contribution in [0.3, 0.4) is 0 Å². The lowest BCUT2D eigenvalue weighted by molar-refractivity contribution is 0.201. The highest BCUT2D eigenvalue weighted by atomic mass is 35.5. The molecule has 0 aromatic carbocycles. The van der Waals surface area contributed by atoms with E-state index in [0.717, 1.165) is 23.1 Å². The van der Waals surface area contributed by atoms with E-state index < -0.39 is 0 Å². The number of alkyl halides is 1. The molecule has 0 atom stereocenters. The maximum Gasteiger partial charge on any atom is 0.171 e. The van der Waals surface area contributed by atoms with Crippen molar-refractivity contribution in [1.82, 2.24) is 9.97 Å². The summed E-state index contributed by atoms with van der Waals surface area (Å²) in [5.74, 6) is 1.02. The summed E-state index contributed by atoms with van der Waals surface area (Å²) in [5, 5.41) is 8.99. The number of aromatic amines is 1. The number of hydrogen-bond donors (Lipinski definition) is 2. The molecule has 2 rings (SSSR count). The van der Waals surface area contributed by atoms with Crippen LogP contribution >= 0.6 is 23.2 Å². The van der Waals surface area contributed by atoms with Crippen molar-refractivity contribution in [3.05, 3.63) is 23.0 Å². The molecule has 2 heterocycles. The van der Waals surface area contributed by atoms with Crippen LogP contribution in [-0.2, 0) is 6.42 Å². The zero-order valence-electron chi connectivity index (χ0n) is 9.04. The first-order valence-corrected chi connectivity index (χ1v) is 6.13. The summed E-state index contributed by atoms with van der Waals surface area (Å²) in [6.07, 6.45) is 0.752. The minimum Gasteiger partial charge on any atom is -0.488 e. The third kappa shape index (κ3) is 2.83. The Morgan fingerprint density at radius 1 is 1.41 bits per heavy atom. The summed E-state index contributed by atoms with van der Waals surface area (Å²) in [4.78, 5) is 7.41. The Labute approximate surface area is 109 Å². The first-order valence-electron chi connectivity index (χ1n) is 5.22. The van der Waals surface area contributed by atoms with E-state index in [1.807, 2.05) is 6.07 Å². The van der Waals surface area contributed by atoms with Crippen LogP contribution in [0.5, 0.6) is 5.75 Å². The number of aliphatic hydroxyl groups is 1. The molecule has 2 aromatic rings. The summed E-state index contributed by atoms with van der Waals surface area (Å²) in [5.41, 5.74) is 2.65. The lowest BCUT2D eigenvalue weighted by atomic mass is 10.3. The van der Waals surface area contributed by atoms with Crippen molar-refractivity contribution in [3.63, 3.8) is 0 Å². The lowest BCUT2D eigenvalue weighted by Crippen LogP contribution is -2.02. The monoisotopic (exact) mass is 274 g/mol. The number of nitrogens with one attached hydrogen (secondary N) is 1. The van der Waals surface area contributed by atoms with Crippen LogP contribution in [0.4, 0.5) is 0 Å². The molecule has 0 unspecified atom stereocenters. The molecule has 0 aliphatic carbocycles. The number of rotatable bonds is 5. The average molecular weight is 275 g/mol. The predicted molar refractivity (Wildman–Crippen MR) is 68.1 cm³/mol. The van der Waals surface area contributed by atoms with Crippen molar-refractivity contribution in [2.24, 2.45) is 0 Å². The van der Waals surface area contributed by atoms with E-state index in [1.54, 1.807) is 6.07 Å². The third-order valence-corrected chi connectivity index (χ3v) is 2.75. The number of nitrogens with zero attached hydrogens (tertiary/aromatic N) is 1. The maximum absolute atomic E-state index is 8.69. The molecule has 17 heavy (non-hydrogen) atoms. The molecule has 2 aromatic heterocycles. The van der Waals surface area contributed by atoms with E-state index in [4.69, 9.17) is 33.0 Å². The second-order valence-electron chi connectivity index (χ2n) is 3.52. The minimum absolute atomic E-state index is 0.0589. The second kappa shape index (κ2) is 5.58. The van der Waals surface area contributed by atoms with Gasteiger partial charge in [-0.1, -0.05) is 11.6 Å². The second-order valence-corrected chi connectivity index (χ2v) is 4.25. The first-order chi connectivity index (χ1) is 8.24. The normalized spacial score (nSPS) is 11.0. The highest BCUT2D eigenvalue weighted by molar-refractivity contribution is 6.31. The van der Waals surface area contributed by atoms with Gasteiger partial charge in [0.15, 0.2) is 10.9 Å². The Balaban J connectivity index is 2.34. The van der Waals surface area contributed by atoms with Gasteiger partial charge in [0.05, 0.1) is 17.6 Å². The quantitative estimate of drug-likeness (QED) is 0.650. The predicted octanol–water partition coefficient (Wildman–Crippen LogP) is 2.37. The van der Waals surface area contributed by atoms with Gasteiger partial charge in [0.1, 0.15) is 6.61 Å². The molecule has 0 amide bonds. The van der Waals surface area contributed by atoms with E-state index in [-0.39, 0.29) is 13.2 Å². The molecule has 0 bridgehead atoms. The molecule has 6 heteroatoms. The van der Waals surface area contributed by atoms with Crippen molar-refractivity contribution in [2.75, 3.05) is 19.1 Å². The van der Waals surface area contributed by atoms with Gasteiger partial charge in [-0.2, -0.15) is 0 Å². The van der Waals surface area contributed by atoms with Gasteiger partial charge in [0, 0.05) is 24.1 Å². The molecule has 4 nitrogen and oxygen atoms in total. The van der Waals surface area contributed by atoms with Gasteiger partial charge in [0.25, 0.3) is 0 Å². The number of hydrogen-bond acceptors (Lipinski definition) is 3. The maximum atomic E-state index is 8.69. The summed E-state index contributed by atoms with van der Waals surface area (Å²) in [6, 6.07) is 3.69. The average Bonchev–Trinajstić information content (AvgIpc) is 2.68. The number of aryl methyl sites for hydroxylation is 1. The van der Waals surface area contributed by atoms with Gasteiger partial charge >= 0.3 is 0 Å². The molecule has 2 N–H and O–H groups in total. The Kier molecular flexibility index (Phi) is 4.10. The molecular weight excluding hydrogens is 263 g/mol. The van der Waals surface area contributed by atoms with E-state index in [0.29, 0.717) is 16.8 Å². The number of pyridine rings is 1. The van der Waals surface area contributed by atoms with E-state index in [1.165, 1.54) is 0 Å². The smallest absolute Gasteiger partial charge is 0.171 e. The highest BCUT2D eigenvalue weighted by Crippen LogP contribution is 2.27. The lowest BCUT2D eigenvalue weighted by Gasteiger charge is -2.05. The Bertz CT molecular complexity index is 513. The van der Waals surface area contributed by atoms with Crippen LogP contribution in [0.1, 0.15) is 5.69 Å². The number of H-pyrrole nitrogens is 1. The van der Waals surface area contributed by atoms with Gasteiger partial charge < -0.3 is 14.8 Å². The standard InChI is InChI=1S/C11H12Cl2N2O2/c12-2-1-7-5-8-9(14-7)6-10(11(13)15-8)17-4-3-16/h5-6,14,16H,1-4H2. The topological polar surface area (TPSA) is 58.1 Å². The van der Waals surface area contributed by atoms with Gasteiger partial charge in [-0.3, -0.25) is 0 Å². The summed E-state index contributed by atoms with van der Waals surface area (Å²) in [7, 11) is 0. The largest absolute Gasteiger partial charge is 0.488 e. The van der Waals surface area contributed by atoms with Crippen molar-refractivity contribution >= 4 is 34.2 Å². The molecule has 0 fully saturated rings. The molecule has 0 saturated heterocycles. The van der Waals surface area contributed by atoms with Crippen molar-refractivity contribution in [2.45, 2.75) is 6.42 Å². The van der Waals surface area contributed by atoms with Crippen LogP contribution < -0.4 is 4.74 Å². The fourth-order valence-corrected chi connectivity index (χ4v) is 1.97. The van der Waals surface area contributed by atoms with Gasteiger partial charge in [0.2, 0.25) is 0 Å². The van der Waals surface area contributed by atoms with Crippen LogP contribution in [0, 0.1) is 0 Å². The number of fused-ring (bicyclic) bond motifs is 1. The van der Waals surface area contributed by atoms with Gasteiger partial charge in [-0.15, -0.1) is 11.6 Å². The summed E-state index contributed by atoms with van der Waals surface area (Å²) >= 11 is 11.6. The highest BCUT2D eigenvalue weighted by Gasteiger charge is 2.08. The van der Waals surface area contributed by atoms with Crippen molar-refractivity contribution < 1.29 is 9.84 Å². The van der Waals surface area contributed by atoms with Gasteiger partial charge in [-0.05, 0) is 6.07 Å². The number of ether oxygens (including phenoxy) is 1. The molecule has 92 valence electrons. The summed E-state index contributed by atoms with van der Waals surface area (Å²) in [6.45, 7) is 0.138. The molecule has 0 radical (unpaired) electrons. The van der Waals surface area contributed by atoms with Gasteiger partial charge in [-0.25, -0.2) is 4.98 Å². The van der Waals surface area contributed by atoms with Crippen LogP contribution in [0.15, 0.2) is 12.1 Å².